The lowest BCUT2D eigenvalue weighted by molar-refractivity contribution is -0.386. The van der Waals surface area contributed by atoms with Crippen LogP contribution in [0.2, 0.25) is 0 Å². The van der Waals surface area contributed by atoms with Gasteiger partial charge in [0.15, 0.2) is 5.75 Å². The molecule has 0 spiro atoms. The van der Waals surface area contributed by atoms with Crippen LogP contribution in [0, 0.1) is 15.9 Å². The van der Waals surface area contributed by atoms with Crippen LogP contribution in [0.5, 0.6) is 5.75 Å². The Labute approximate surface area is 215 Å². The Balaban J connectivity index is 1.62. The number of amides is 2. The molecule has 0 saturated carbocycles. The van der Waals surface area contributed by atoms with Crippen LogP contribution in [-0.2, 0) is 16.1 Å². The van der Waals surface area contributed by atoms with Crippen molar-refractivity contribution in [2.75, 3.05) is 20.2 Å². The summed E-state index contributed by atoms with van der Waals surface area (Å²) >= 11 is 0. The highest BCUT2D eigenvalue weighted by Crippen LogP contribution is 2.32. The van der Waals surface area contributed by atoms with Crippen molar-refractivity contribution in [1.29, 1.82) is 0 Å². The lowest BCUT2D eigenvalue weighted by atomic mass is 10.0. The molecule has 3 rings (SSSR count). The van der Waals surface area contributed by atoms with E-state index >= 15 is 0 Å². The summed E-state index contributed by atoms with van der Waals surface area (Å²) in [5.74, 6) is -0.507. The quantitative estimate of drug-likeness (QED) is 0.380. The van der Waals surface area contributed by atoms with E-state index in [0.29, 0.717) is 37.2 Å². The first kappa shape index (κ1) is 27.9. The van der Waals surface area contributed by atoms with Gasteiger partial charge in [-0.2, -0.15) is 0 Å². The van der Waals surface area contributed by atoms with Crippen LogP contribution in [-0.4, -0.2) is 53.7 Å². The van der Waals surface area contributed by atoms with Gasteiger partial charge < -0.3 is 20.1 Å². The molecule has 200 valence electrons. The standard InChI is InChI=1S/C26H33FN4O6/c1-26(2,3)37-25(33)29-21(17-8-10-19(27)11-9-17)14-23(32)28-20-12-13-30(16-20)15-18-6-5-7-22(36-4)24(18)31(34)35/h5-11,20-21H,12-16H2,1-4H3,(H,28,32)(H,29,33). The molecular weight excluding hydrogens is 483 g/mol. The van der Waals surface area contributed by atoms with Crippen LogP contribution in [0.3, 0.4) is 0 Å². The minimum Gasteiger partial charge on any atom is -0.490 e. The summed E-state index contributed by atoms with van der Waals surface area (Å²) in [4.78, 5) is 38.4. The van der Waals surface area contributed by atoms with Crippen molar-refractivity contribution in [1.82, 2.24) is 15.5 Å². The molecular formula is C26H33FN4O6. The van der Waals surface area contributed by atoms with Crippen LogP contribution < -0.4 is 15.4 Å². The normalized spacial score (nSPS) is 16.6. The monoisotopic (exact) mass is 516 g/mol. The van der Waals surface area contributed by atoms with Gasteiger partial charge in [-0.15, -0.1) is 0 Å². The maximum atomic E-state index is 13.4. The van der Waals surface area contributed by atoms with Crippen LogP contribution in [0.4, 0.5) is 14.9 Å². The minimum atomic E-state index is -0.717. The third-order valence-electron chi connectivity index (χ3n) is 5.87. The van der Waals surface area contributed by atoms with Gasteiger partial charge in [0.1, 0.15) is 11.4 Å². The van der Waals surface area contributed by atoms with Crippen molar-refractivity contribution < 1.29 is 28.4 Å². The molecule has 1 saturated heterocycles. The van der Waals surface area contributed by atoms with E-state index in [1.807, 2.05) is 4.90 Å². The predicted molar refractivity (Wildman–Crippen MR) is 135 cm³/mol. The van der Waals surface area contributed by atoms with Gasteiger partial charge in [-0.3, -0.25) is 19.8 Å². The number of likely N-dealkylation sites (tertiary alicyclic amines) is 1. The third-order valence-corrected chi connectivity index (χ3v) is 5.87. The first-order chi connectivity index (χ1) is 17.4. The van der Waals surface area contributed by atoms with Crippen molar-refractivity contribution in [3.8, 4) is 5.75 Å². The summed E-state index contributed by atoms with van der Waals surface area (Å²) in [7, 11) is 1.39. The molecule has 2 unspecified atom stereocenters. The zero-order valence-electron chi connectivity index (χ0n) is 21.5. The van der Waals surface area contributed by atoms with E-state index in [-0.39, 0.29) is 29.8 Å². The smallest absolute Gasteiger partial charge is 0.408 e. The van der Waals surface area contributed by atoms with Gasteiger partial charge in [-0.25, -0.2) is 9.18 Å². The molecule has 1 heterocycles. The number of nitro groups is 1. The molecule has 2 amide bonds. The molecule has 0 bridgehead atoms. The van der Waals surface area contributed by atoms with E-state index < -0.39 is 28.5 Å². The molecule has 2 atom stereocenters. The number of hydrogen-bond acceptors (Lipinski definition) is 7. The molecule has 0 aromatic heterocycles. The summed E-state index contributed by atoms with van der Waals surface area (Å²) in [6, 6.07) is 9.66. The van der Waals surface area contributed by atoms with Crippen molar-refractivity contribution in [3.63, 3.8) is 0 Å². The van der Waals surface area contributed by atoms with E-state index in [1.54, 1.807) is 39.0 Å². The topological polar surface area (TPSA) is 123 Å². The molecule has 37 heavy (non-hydrogen) atoms. The maximum absolute atomic E-state index is 13.4. The molecule has 0 radical (unpaired) electrons. The Kier molecular flexibility index (Phi) is 9.04. The number of ether oxygens (including phenoxy) is 2. The summed E-state index contributed by atoms with van der Waals surface area (Å²) in [5, 5.41) is 17.3. The molecule has 1 aliphatic heterocycles. The van der Waals surface area contributed by atoms with E-state index in [4.69, 9.17) is 9.47 Å². The van der Waals surface area contributed by atoms with Gasteiger partial charge in [0.2, 0.25) is 5.91 Å². The fourth-order valence-corrected chi connectivity index (χ4v) is 4.27. The number of nitro benzene ring substituents is 1. The minimum absolute atomic E-state index is 0.0622. The molecule has 1 aliphatic rings. The second-order valence-electron chi connectivity index (χ2n) is 9.97. The van der Waals surface area contributed by atoms with Gasteiger partial charge in [-0.1, -0.05) is 24.3 Å². The zero-order chi connectivity index (χ0) is 27.2. The fraction of sp³-hybridized carbons (Fsp3) is 0.462. The van der Waals surface area contributed by atoms with Crippen molar-refractivity contribution >= 4 is 17.7 Å². The van der Waals surface area contributed by atoms with Crippen molar-refractivity contribution in [2.45, 2.75) is 57.8 Å². The van der Waals surface area contributed by atoms with Crippen molar-refractivity contribution in [2.24, 2.45) is 0 Å². The van der Waals surface area contributed by atoms with Crippen molar-refractivity contribution in [3.05, 3.63) is 69.5 Å². The number of carbonyl (C=O) groups is 2. The van der Waals surface area contributed by atoms with E-state index in [9.17, 15) is 24.1 Å². The van der Waals surface area contributed by atoms with Gasteiger partial charge in [0, 0.05) is 31.2 Å². The molecule has 1 fully saturated rings. The second-order valence-corrected chi connectivity index (χ2v) is 9.97. The first-order valence-corrected chi connectivity index (χ1v) is 12.0. The van der Waals surface area contributed by atoms with Gasteiger partial charge in [0.25, 0.3) is 0 Å². The average Bonchev–Trinajstić information content (AvgIpc) is 3.23. The first-order valence-electron chi connectivity index (χ1n) is 12.0. The maximum Gasteiger partial charge on any atom is 0.408 e. The summed E-state index contributed by atoms with van der Waals surface area (Å²) in [6.07, 6.45) is -0.0750. The predicted octanol–water partition coefficient (Wildman–Crippen LogP) is 4.09. The van der Waals surface area contributed by atoms with Crippen LogP contribution in [0.15, 0.2) is 42.5 Å². The Morgan fingerprint density at radius 3 is 2.54 bits per heavy atom. The number of halogens is 1. The molecule has 2 N–H and O–H groups in total. The van der Waals surface area contributed by atoms with Crippen LogP contribution in [0.1, 0.15) is 50.8 Å². The second kappa shape index (κ2) is 12.0. The van der Waals surface area contributed by atoms with Gasteiger partial charge >= 0.3 is 11.8 Å². The number of carbonyl (C=O) groups excluding carboxylic acids is 2. The number of para-hydroxylation sites is 1. The number of benzene rings is 2. The van der Waals surface area contributed by atoms with E-state index in [0.717, 1.165) is 0 Å². The Bertz CT molecular complexity index is 1120. The van der Waals surface area contributed by atoms with Crippen LogP contribution >= 0.6 is 0 Å². The fourth-order valence-electron chi connectivity index (χ4n) is 4.27. The highest BCUT2D eigenvalue weighted by Gasteiger charge is 2.29. The Hall–Kier alpha value is -3.73. The lowest BCUT2D eigenvalue weighted by Gasteiger charge is -2.24. The Morgan fingerprint density at radius 1 is 1.22 bits per heavy atom. The highest BCUT2D eigenvalue weighted by molar-refractivity contribution is 5.78. The number of nitrogens with zero attached hydrogens (tertiary/aromatic N) is 2. The largest absolute Gasteiger partial charge is 0.490 e. The van der Waals surface area contributed by atoms with E-state index in [1.165, 1.54) is 31.4 Å². The highest BCUT2D eigenvalue weighted by atomic mass is 19.1. The third kappa shape index (κ3) is 8.14. The molecule has 0 aliphatic carbocycles. The summed E-state index contributed by atoms with van der Waals surface area (Å²) in [6.45, 7) is 6.71. The average molecular weight is 517 g/mol. The van der Waals surface area contributed by atoms with Gasteiger partial charge in [0.05, 0.1) is 24.5 Å². The SMILES string of the molecule is COc1cccc(CN2CCC(NC(=O)CC(NC(=O)OC(C)(C)C)c3ccc(F)cc3)C2)c1[N+](=O)[O-]. The molecule has 2 aromatic carbocycles. The molecule has 2 aromatic rings. The number of nitrogens with one attached hydrogen (secondary N) is 2. The zero-order valence-corrected chi connectivity index (χ0v) is 21.5. The number of rotatable bonds is 9. The van der Waals surface area contributed by atoms with Gasteiger partial charge in [-0.05, 0) is 51.0 Å². The van der Waals surface area contributed by atoms with E-state index in [2.05, 4.69) is 10.6 Å². The summed E-state index contributed by atoms with van der Waals surface area (Å²) in [5.41, 5.74) is 0.327. The molecule has 10 nitrogen and oxygen atoms in total. The number of alkyl carbamates (subject to hydrolysis) is 1. The Morgan fingerprint density at radius 2 is 1.92 bits per heavy atom. The molecule has 11 heteroatoms. The lowest BCUT2D eigenvalue weighted by Crippen LogP contribution is -2.40. The number of hydrogen-bond donors (Lipinski definition) is 2. The number of methoxy groups -OCH3 is 1. The summed E-state index contributed by atoms with van der Waals surface area (Å²) < 4.78 is 23.9. The van der Waals surface area contributed by atoms with Crippen LogP contribution in [0.25, 0.3) is 0 Å².